The molecule has 3 heterocycles. The van der Waals surface area contributed by atoms with Gasteiger partial charge in [-0.2, -0.15) is 4.31 Å². The highest BCUT2D eigenvalue weighted by atomic mass is 32.2. The number of anilines is 1. The number of fused-ring (bicyclic) bond motifs is 1. The van der Waals surface area contributed by atoms with E-state index in [0.29, 0.717) is 32.1 Å². The summed E-state index contributed by atoms with van der Waals surface area (Å²) in [6.45, 7) is 5.89. The predicted octanol–water partition coefficient (Wildman–Crippen LogP) is 1.66. The lowest BCUT2D eigenvalue weighted by Crippen LogP contribution is -2.48. The van der Waals surface area contributed by atoms with Crippen LogP contribution in [-0.2, 0) is 17.1 Å². The van der Waals surface area contributed by atoms with E-state index in [1.54, 1.807) is 11.6 Å². The van der Waals surface area contributed by atoms with Gasteiger partial charge in [-0.05, 0) is 32.0 Å². The summed E-state index contributed by atoms with van der Waals surface area (Å²) in [7, 11) is -1.81. The fourth-order valence-corrected chi connectivity index (χ4v) is 4.76. The Hall–Kier alpha value is -2.72. The van der Waals surface area contributed by atoms with Crippen molar-refractivity contribution in [3.8, 4) is 5.88 Å². The van der Waals surface area contributed by atoms with Crippen LogP contribution in [0.4, 0.5) is 5.69 Å². The molecule has 1 aliphatic rings. The van der Waals surface area contributed by atoms with Gasteiger partial charge in [-0.3, -0.25) is 0 Å². The number of hydrogen-bond acceptors (Lipinski definition) is 7. The van der Waals surface area contributed by atoms with Gasteiger partial charge in [-0.15, -0.1) is 0 Å². The molecule has 0 radical (unpaired) electrons. The quantitative estimate of drug-likeness (QED) is 0.624. The Labute approximate surface area is 170 Å². The maximum Gasteiger partial charge on any atom is 0.262 e. The normalized spacial score (nSPS) is 15.9. The van der Waals surface area contributed by atoms with Crippen molar-refractivity contribution in [1.29, 1.82) is 0 Å². The van der Waals surface area contributed by atoms with Crippen LogP contribution in [0.3, 0.4) is 0 Å². The number of rotatable bonds is 5. The lowest BCUT2D eigenvalue weighted by Gasteiger charge is -2.35. The highest BCUT2D eigenvalue weighted by Gasteiger charge is 2.30. The predicted molar refractivity (Wildman–Crippen MR) is 109 cm³/mol. The van der Waals surface area contributed by atoms with Crippen molar-refractivity contribution >= 4 is 26.6 Å². The van der Waals surface area contributed by atoms with E-state index in [1.165, 1.54) is 23.2 Å². The Morgan fingerprint density at radius 1 is 1.07 bits per heavy atom. The van der Waals surface area contributed by atoms with Gasteiger partial charge in [0, 0.05) is 45.1 Å². The van der Waals surface area contributed by atoms with Crippen molar-refractivity contribution in [3.63, 3.8) is 0 Å². The summed E-state index contributed by atoms with van der Waals surface area (Å²) >= 11 is 0. The highest BCUT2D eigenvalue weighted by molar-refractivity contribution is 7.89. The standard InChI is InChI=1S/C19H24N6O3S/c1-14(2)28-19-16-10-15(4-5-17(16)20-12-21-19)24-6-8-25(9-7-24)29(26,27)18-11-23(3)13-22-18/h4-5,10-14H,6-9H2,1-3H3. The second-order valence-corrected chi connectivity index (χ2v) is 9.20. The van der Waals surface area contributed by atoms with Gasteiger partial charge >= 0.3 is 0 Å². The summed E-state index contributed by atoms with van der Waals surface area (Å²) in [5.41, 5.74) is 1.81. The number of sulfonamides is 1. The molecule has 0 spiro atoms. The van der Waals surface area contributed by atoms with Crippen LogP contribution in [0.15, 0.2) is 42.1 Å². The first-order valence-corrected chi connectivity index (χ1v) is 10.9. The first-order valence-electron chi connectivity index (χ1n) is 9.49. The van der Waals surface area contributed by atoms with Crippen LogP contribution >= 0.6 is 0 Å². The zero-order chi connectivity index (χ0) is 20.6. The molecule has 0 aliphatic carbocycles. The molecule has 1 aromatic carbocycles. The van der Waals surface area contributed by atoms with Gasteiger partial charge in [-0.25, -0.2) is 23.4 Å². The summed E-state index contributed by atoms with van der Waals surface area (Å²) < 4.78 is 34.5. The number of aromatic nitrogens is 4. The number of aryl methyl sites for hydroxylation is 1. The number of hydrogen-bond donors (Lipinski definition) is 0. The van der Waals surface area contributed by atoms with Gasteiger partial charge in [-0.1, -0.05) is 0 Å². The molecule has 4 rings (SSSR count). The smallest absolute Gasteiger partial charge is 0.262 e. The summed E-state index contributed by atoms with van der Waals surface area (Å²) in [5.74, 6) is 0.559. The summed E-state index contributed by atoms with van der Waals surface area (Å²) in [6, 6.07) is 5.95. The number of piperazine rings is 1. The molecular weight excluding hydrogens is 392 g/mol. The molecule has 154 valence electrons. The van der Waals surface area contributed by atoms with Crippen LogP contribution in [0.1, 0.15) is 13.8 Å². The van der Waals surface area contributed by atoms with E-state index >= 15 is 0 Å². The van der Waals surface area contributed by atoms with E-state index in [4.69, 9.17) is 4.74 Å². The molecule has 29 heavy (non-hydrogen) atoms. The number of benzene rings is 1. The molecule has 3 aromatic rings. The minimum Gasteiger partial charge on any atom is -0.474 e. The number of ether oxygens (including phenoxy) is 1. The molecule has 0 saturated carbocycles. The molecule has 10 heteroatoms. The molecule has 1 fully saturated rings. The third kappa shape index (κ3) is 3.90. The topological polar surface area (TPSA) is 93.5 Å². The second-order valence-electron chi connectivity index (χ2n) is 7.32. The van der Waals surface area contributed by atoms with Gasteiger partial charge in [0.25, 0.3) is 10.0 Å². The monoisotopic (exact) mass is 416 g/mol. The Morgan fingerprint density at radius 3 is 2.48 bits per heavy atom. The lowest BCUT2D eigenvalue weighted by molar-refractivity contribution is 0.235. The average Bonchev–Trinajstić information content (AvgIpc) is 3.15. The Kier molecular flexibility index (Phi) is 5.13. The molecular formula is C19H24N6O3S. The van der Waals surface area contributed by atoms with Gasteiger partial charge < -0.3 is 14.2 Å². The molecule has 1 saturated heterocycles. The first-order chi connectivity index (χ1) is 13.8. The molecule has 9 nitrogen and oxygen atoms in total. The van der Waals surface area contributed by atoms with Gasteiger partial charge in [0.2, 0.25) is 5.88 Å². The van der Waals surface area contributed by atoms with E-state index in [0.717, 1.165) is 16.6 Å². The minimum atomic E-state index is -3.57. The number of imidazole rings is 1. The number of nitrogens with zero attached hydrogens (tertiary/aromatic N) is 6. The van der Waals surface area contributed by atoms with Crippen LogP contribution < -0.4 is 9.64 Å². The molecule has 2 aromatic heterocycles. The Bertz CT molecular complexity index is 1120. The van der Waals surface area contributed by atoms with E-state index < -0.39 is 10.0 Å². The van der Waals surface area contributed by atoms with Crippen LogP contribution in [0.5, 0.6) is 5.88 Å². The Balaban J connectivity index is 1.53. The zero-order valence-corrected chi connectivity index (χ0v) is 17.5. The average molecular weight is 417 g/mol. The molecule has 0 unspecified atom stereocenters. The van der Waals surface area contributed by atoms with Gasteiger partial charge in [0.15, 0.2) is 5.03 Å². The molecule has 0 N–H and O–H groups in total. The van der Waals surface area contributed by atoms with Crippen molar-refractivity contribution in [2.24, 2.45) is 7.05 Å². The third-order valence-corrected chi connectivity index (χ3v) is 6.60. The highest BCUT2D eigenvalue weighted by Crippen LogP contribution is 2.28. The van der Waals surface area contributed by atoms with Crippen LogP contribution in [0.2, 0.25) is 0 Å². The Morgan fingerprint density at radius 2 is 1.83 bits per heavy atom. The molecule has 0 bridgehead atoms. The first kappa shape index (κ1) is 19.6. The van der Waals surface area contributed by atoms with Gasteiger partial charge in [0.1, 0.15) is 6.33 Å². The van der Waals surface area contributed by atoms with Crippen LogP contribution in [0.25, 0.3) is 10.9 Å². The van der Waals surface area contributed by atoms with E-state index in [9.17, 15) is 8.42 Å². The van der Waals surface area contributed by atoms with Crippen molar-refractivity contribution in [3.05, 3.63) is 37.1 Å². The van der Waals surface area contributed by atoms with Crippen molar-refractivity contribution in [2.75, 3.05) is 31.1 Å². The van der Waals surface area contributed by atoms with Crippen molar-refractivity contribution in [1.82, 2.24) is 23.8 Å². The second kappa shape index (κ2) is 7.60. The zero-order valence-electron chi connectivity index (χ0n) is 16.7. The maximum atomic E-state index is 12.8. The van der Waals surface area contributed by atoms with E-state index in [-0.39, 0.29) is 11.1 Å². The van der Waals surface area contributed by atoms with Crippen LogP contribution in [-0.4, -0.2) is 64.5 Å². The van der Waals surface area contributed by atoms with E-state index in [2.05, 4.69) is 19.9 Å². The molecule has 1 aliphatic heterocycles. The minimum absolute atomic E-state index is 0.0112. The summed E-state index contributed by atoms with van der Waals surface area (Å²) in [5, 5.41) is 0.939. The fraction of sp³-hybridized carbons (Fsp3) is 0.421. The maximum absolute atomic E-state index is 12.8. The molecule has 0 atom stereocenters. The van der Waals surface area contributed by atoms with Crippen molar-refractivity contribution < 1.29 is 13.2 Å². The summed E-state index contributed by atoms with van der Waals surface area (Å²) in [6.07, 6.45) is 4.54. The fourth-order valence-electron chi connectivity index (χ4n) is 3.38. The molecule has 0 amide bonds. The van der Waals surface area contributed by atoms with Crippen LogP contribution in [0, 0.1) is 0 Å². The SMILES string of the molecule is CC(C)Oc1ncnc2ccc(N3CCN(S(=O)(=O)c4cn(C)cn4)CC3)cc12. The summed E-state index contributed by atoms with van der Waals surface area (Å²) in [4.78, 5) is 14.7. The van der Waals surface area contributed by atoms with Crippen molar-refractivity contribution in [2.45, 2.75) is 25.0 Å². The van der Waals surface area contributed by atoms with E-state index in [1.807, 2.05) is 32.0 Å². The lowest BCUT2D eigenvalue weighted by atomic mass is 10.2. The third-order valence-electron chi connectivity index (χ3n) is 4.82. The van der Waals surface area contributed by atoms with Gasteiger partial charge in [0.05, 0.1) is 23.3 Å². The largest absolute Gasteiger partial charge is 0.474 e.